The molecule has 0 amide bonds. The molecule has 1 unspecified atom stereocenters. The molecule has 0 saturated carbocycles. The Labute approximate surface area is 92.7 Å². The third kappa shape index (κ3) is 3.53. The monoisotopic (exact) mass is 258 g/mol. The molecule has 0 heterocycles. The summed E-state index contributed by atoms with van der Waals surface area (Å²) in [6.45, 7) is 5.84. The van der Waals surface area contributed by atoms with E-state index in [4.69, 9.17) is 11.6 Å². The van der Waals surface area contributed by atoms with Crippen molar-refractivity contribution in [3.8, 4) is 0 Å². The first-order valence-electron chi connectivity index (χ1n) is 4.13. The molecule has 0 aliphatic rings. The molecular formula is C11H12BrCl. The summed E-state index contributed by atoms with van der Waals surface area (Å²) in [5.41, 5.74) is 2.26. The molecule has 70 valence electrons. The van der Waals surface area contributed by atoms with Gasteiger partial charge in [0.2, 0.25) is 0 Å². The zero-order chi connectivity index (χ0) is 9.84. The molecule has 0 spiro atoms. The fraction of sp³-hybridized carbons (Fsp3) is 0.273. The van der Waals surface area contributed by atoms with Gasteiger partial charge in [-0.15, -0.1) is 18.2 Å². The molecule has 0 bridgehead atoms. The quantitative estimate of drug-likeness (QED) is 0.545. The van der Waals surface area contributed by atoms with Gasteiger partial charge >= 0.3 is 0 Å². The Hall–Kier alpha value is -0.270. The number of hydrogen-bond donors (Lipinski definition) is 0. The average molecular weight is 260 g/mol. The second-order valence-corrected chi connectivity index (χ2v) is 4.62. The van der Waals surface area contributed by atoms with Gasteiger partial charge < -0.3 is 0 Å². The molecule has 0 radical (unpaired) electrons. The highest BCUT2D eigenvalue weighted by molar-refractivity contribution is 9.10. The molecule has 0 aromatic heterocycles. The molecule has 0 fully saturated rings. The fourth-order valence-corrected chi connectivity index (χ4v) is 1.77. The van der Waals surface area contributed by atoms with Crippen LogP contribution in [0.4, 0.5) is 0 Å². The Morgan fingerprint density at radius 1 is 1.46 bits per heavy atom. The molecule has 0 N–H and O–H groups in total. The Morgan fingerprint density at radius 2 is 2.00 bits per heavy atom. The van der Waals surface area contributed by atoms with Crippen molar-refractivity contribution in [2.45, 2.75) is 18.7 Å². The summed E-state index contributed by atoms with van der Waals surface area (Å²) in [6, 6.07) is 8.07. The SMILES string of the molecule is C=C(C)CC(Cl)c1ccc(Br)cc1. The van der Waals surface area contributed by atoms with Gasteiger partial charge in [-0.1, -0.05) is 33.6 Å². The van der Waals surface area contributed by atoms with Crippen molar-refractivity contribution in [3.05, 3.63) is 46.5 Å². The molecule has 0 nitrogen and oxygen atoms in total. The van der Waals surface area contributed by atoms with E-state index in [-0.39, 0.29) is 5.38 Å². The van der Waals surface area contributed by atoms with Gasteiger partial charge in [-0.2, -0.15) is 0 Å². The van der Waals surface area contributed by atoms with Gasteiger partial charge in [-0.05, 0) is 31.0 Å². The third-order valence-corrected chi connectivity index (χ3v) is 2.69. The van der Waals surface area contributed by atoms with Crippen molar-refractivity contribution >= 4 is 27.5 Å². The zero-order valence-corrected chi connectivity index (χ0v) is 9.90. The standard InChI is InChI=1S/C11H12BrCl/c1-8(2)7-11(13)9-3-5-10(12)6-4-9/h3-6,11H,1,7H2,2H3. The summed E-state index contributed by atoms with van der Waals surface area (Å²) in [5.74, 6) is 0. The number of rotatable bonds is 3. The molecule has 0 saturated heterocycles. The number of halogens is 2. The van der Waals surface area contributed by atoms with Crippen molar-refractivity contribution in [2.24, 2.45) is 0 Å². The highest BCUT2D eigenvalue weighted by Crippen LogP contribution is 2.27. The molecule has 2 heteroatoms. The summed E-state index contributed by atoms with van der Waals surface area (Å²) < 4.78 is 1.08. The van der Waals surface area contributed by atoms with E-state index in [9.17, 15) is 0 Å². The Morgan fingerprint density at radius 3 is 2.46 bits per heavy atom. The lowest BCUT2D eigenvalue weighted by molar-refractivity contribution is 0.907. The smallest absolute Gasteiger partial charge is 0.0622 e. The highest BCUT2D eigenvalue weighted by atomic mass is 79.9. The Balaban J connectivity index is 2.71. The van der Waals surface area contributed by atoms with E-state index in [1.165, 1.54) is 0 Å². The molecule has 13 heavy (non-hydrogen) atoms. The van der Waals surface area contributed by atoms with Crippen LogP contribution in [0.15, 0.2) is 40.9 Å². The molecule has 1 rings (SSSR count). The molecule has 0 aliphatic heterocycles. The fourth-order valence-electron chi connectivity index (χ4n) is 1.10. The van der Waals surface area contributed by atoms with Crippen molar-refractivity contribution in [2.75, 3.05) is 0 Å². The van der Waals surface area contributed by atoms with Gasteiger partial charge in [0, 0.05) is 4.47 Å². The second-order valence-electron chi connectivity index (χ2n) is 3.18. The van der Waals surface area contributed by atoms with E-state index in [0.29, 0.717) is 0 Å². The van der Waals surface area contributed by atoms with Crippen LogP contribution in [0.3, 0.4) is 0 Å². The van der Waals surface area contributed by atoms with Gasteiger partial charge in [0.1, 0.15) is 0 Å². The summed E-state index contributed by atoms with van der Waals surface area (Å²) in [7, 11) is 0. The van der Waals surface area contributed by atoms with Crippen molar-refractivity contribution in [1.29, 1.82) is 0 Å². The largest absolute Gasteiger partial charge is 0.117 e. The van der Waals surface area contributed by atoms with E-state index in [0.717, 1.165) is 22.0 Å². The van der Waals surface area contributed by atoms with Gasteiger partial charge in [0.15, 0.2) is 0 Å². The van der Waals surface area contributed by atoms with Crippen LogP contribution < -0.4 is 0 Å². The van der Waals surface area contributed by atoms with E-state index in [1.54, 1.807) is 0 Å². The molecular weight excluding hydrogens is 247 g/mol. The van der Waals surface area contributed by atoms with E-state index in [1.807, 2.05) is 31.2 Å². The maximum absolute atomic E-state index is 6.18. The molecule has 1 aromatic carbocycles. The maximum Gasteiger partial charge on any atom is 0.0622 e. The van der Waals surface area contributed by atoms with E-state index in [2.05, 4.69) is 22.5 Å². The lowest BCUT2D eigenvalue weighted by Gasteiger charge is -2.09. The lowest BCUT2D eigenvalue weighted by atomic mass is 10.1. The minimum Gasteiger partial charge on any atom is -0.117 e. The number of benzene rings is 1. The van der Waals surface area contributed by atoms with Crippen LogP contribution in [0.25, 0.3) is 0 Å². The minimum atomic E-state index is 0.0469. The second kappa shape index (κ2) is 4.83. The first-order chi connectivity index (χ1) is 6.09. The van der Waals surface area contributed by atoms with Gasteiger partial charge in [0.25, 0.3) is 0 Å². The summed E-state index contributed by atoms with van der Waals surface area (Å²) >= 11 is 9.56. The van der Waals surface area contributed by atoms with Crippen LogP contribution >= 0.6 is 27.5 Å². The lowest BCUT2D eigenvalue weighted by Crippen LogP contribution is -1.90. The minimum absolute atomic E-state index is 0.0469. The Kier molecular flexibility index (Phi) is 4.01. The topological polar surface area (TPSA) is 0 Å². The van der Waals surface area contributed by atoms with Crippen LogP contribution in [-0.4, -0.2) is 0 Å². The van der Waals surface area contributed by atoms with Crippen molar-refractivity contribution in [3.63, 3.8) is 0 Å². The van der Waals surface area contributed by atoms with Gasteiger partial charge in [-0.25, -0.2) is 0 Å². The summed E-state index contributed by atoms with van der Waals surface area (Å²) in [4.78, 5) is 0. The Bertz CT molecular complexity index is 289. The first kappa shape index (κ1) is 10.8. The molecule has 1 aromatic rings. The maximum atomic E-state index is 6.18. The number of alkyl halides is 1. The predicted octanol–water partition coefficient (Wildman–Crippen LogP) is 4.70. The zero-order valence-electron chi connectivity index (χ0n) is 7.56. The van der Waals surface area contributed by atoms with Crippen LogP contribution in [-0.2, 0) is 0 Å². The number of allylic oxidation sites excluding steroid dienone is 1. The third-order valence-electron chi connectivity index (χ3n) is 1.76. The summed E-state index contributed by atoms with van der Waals surface area (Å²) in [5, 5.41) is 0.0469. The van der Waals surface area contributed by atoms with Crippen LogP contribution in [0, 0.1) is 0 Å². The van der Waals surface area contributed by atoms with Crippen LogP contribution in [0.5, 0.6) is 0 Å². The van der Waals surface area contributed by atoms with E-state index < -0.39 is 0 Å². The average Bonchev–Trinajstić information content (AvgIpc) is 2.04. The normalized spacial score (nSPS) is 12.5. The van der Waals surface area contributed by atoms with Gasteiger partial charge in [0.05, 0.1) is 5.38 Å². The molecule has 0 aliphatic carbocycles. The van der Waals surface area contributed by atoms with E-state index >= 15 is 0 Å². The molecule has 1 atom stereocenters. The first-order valence-corrected chi connectivity index (χ1v) is 5.36. The summed E-state index contributed by atoms with van der Waals surface area (Å²) in [6.07, 6.45) is 0.836. The van der Waals surface area contributed by atoms with Crippen molar-refractivity contribution in [1.82, 2.24) is 0 Å². The number of hydrogen-bond acceptors (Lipinski definition) is 0. The van der Waals surface area contributed by atoms with Crippen LogP contribution in [0.1, 0.15) is 24.3 Å². The predicted molar refractivity (Wildman–Crippen MR) is 62.2 cm³/mol. The van der Waals surface area contributed by atoms with Crippen molar-refractivity contribution < 1.29 is 0 Å². The van der Waals surface area contributed by atoms with Crippen LogP contribution in [0.2, 0.25) is 0 Å². The highest BCUT2D eigenvalue weighted by Gasteiger charge is 2.06. The van der Waals surface area contributed by atoms with Gasteiger partial charge in [-0.3, -0.25) is 0 Å².